The van der Waals surface area contributed by atoms with Crippen molar-refractivity contribution in [2.45, 2.75) is 45.6 Å². The second-order valence-corrected chi connectivity index (χ2v) is 8.97. The van der Waals surface area contributed by atoms with Gasteiger partial charge in [-0.3, -0.25) is 4.90 Å². The quantitative estimate of drug-likeness (QED) is 0.725. The maximum Gasteiger partial charge on any atom is 0.0994 e. The Morgan fingerprint density at radius 2 is 1.57 bits per heavy atom. The molecule has 0 aliphatic carbocycles. The van der Waals surface area contributed by atoms with E-state index in [9.17, 15) is 5.26 Å². The molecule has 0 aromatic heterocycles. The number of hydrogen-bond donors (Lipinski definition) is 0. The average molecular weight is 399 g/mol. The van der Waals surface area contributed by atoms with Gasteiger partial charge in [-0.2, -0.15) is 10.5 Å². The number of anilines is 1. The molecule has 4 rings (SSSR count). The Hall–Kier alpha value is -2.82. The molecule has 0 unspecified atom stereocenters. The van der Waals surface area contributed by atoms with E-state index in [0.717, 1.165) is 55.7 Å². The molecular weight excluding hydrogens is 368 g/mol. The van der Waals surface area contributed by atoms with E-state index in [1.54, 1.807) is 0 Å². The summed E-state index contributed by atoms with van der Waals surface area (Å²) in [4.78, 5) is 4.87. The largest absolute Gasteiger partial charge is 0.371 e. The third-order valence-corrected chi connectivity index (χ3v) is 6.82. The van der Waals surface area contributed by atoms with Gasteiger partial charge < -0.3 is 4.90 Å². The van der Waals surface area contributed by atoms with Crippen LogP contribution in [0.5, 0.6) is 0 Å². The molecule has 0 N–H and O–H groups in total. The summed E-state index contributed by atoms with van der Waals surface area (Å²) in [5.41, 5.74) is 5.26. The van der Waals surface area contributed by atoms with E-state index in [-0.39, 0.29) is 5.41 Å². The van der Waals surface area contributed by atoms with Crippen molar-refractivity contribution >= 4 is 5.69 Å². The molecule has 154 valence electrons. The topological polar surface area (TPSA) is 54.1 Å². The van der Waals surface area contributed by atoms with Gasteiger partial charge in [0.15, 0.2) is 0 Å². The van der Waals surface area contributed by atoms with Gasteiger partial charge >= 0.3 is 0 Å². The number of piperidine rings is 1. The van der Waals surface area contributed by atoms with Crippen LogP contribution in [0.4, 0.5) is 5.69 Å². The highest BCUT2D eigenvalue weighted by atomic mass is 15.1. The smallest absolute Gasteiger partial charge is 0.0994 e. The first-order valence-electron chi connectivity index (χ1n) is 11.1. The monoisotopic (exact) mass is 398 g/mol. The zero-order valence-electron chi connectivity index (χ0n) is 17.9. The average Bonchev–Trinajstić information content (AvgIpc) is 3.29. The lowest BCUT2D eigenvalue weighted by Gasteiger charge is -2.38. The van der Waals surface area contributed by atoms with Crippen molar-refractivity contribution in [3.8, 4) is 12.1 Å². The summed E-state index contributed by atoms with van der Waals surface area (Å²) < 4.78 is 0. The van der Waals surface area contributed by atoms with E-state index in [2.05, 4.69) is 52.3 Å². The van der Waals surface area contributed by atoms with E-state index in [0.29, 0.717) is 0 Å². The molecule has 2 heterocycles. The summed E-state index contributed by atoms with van der Waals surface area (Å²) in [6, 6.07) is 19.9. The maximum absolute atomic E-state index is 10.0. The number of rotatable bonds is 5. The van der Waals surface area contributed by atoms with Crippen molar-refractivity contribution in [2.24, 2.45) is 5.41 Å². The van der Waals surface area contributed by atoms with E-state index in [1.165, 1.54) is 37.1 Å². The third kappa shape index (κ3) is 4.50. The van der Waals surface area contributed by atoms with Crippen molar-refractivity contribution in [3.63, 3.8) is 0 Å². The summed E-state index contributed by atoms with van der Waals surface area (Å²) in [6.07, 6.45) is 5.22. The van der Waals surface area contributed by atoms with Crippen LogP contribution in [0.3, 0.4) is 0 Å². The van der Waals surface area contributed by atoms with Crippen molar-refractivity contribution in [1.82, 2.24) is 4.90 Å². The fourth-order valence-electron chi connectivity index (χ4n) is 4.84. The Kier molecular flexibility index (Phi) is 6.07. The molecule has 0 atom stereocenters. The summed E-state index contributed by atoms with van der Waals surface area (Å²) in [6.45, 7) is 7.22. The van der Waals surface area contributed by atoms with E-state index in [4.69, 9.17) is 5.26 Å². The zero-order valence-corrected chi connectivity index (χ0v) is 17.9. The van der Waals surface area contributed by atoms with Gasteiger partial charge in [-0.25, -0.2) is 0 Å². The first kappa shape index (κ1) is 20.5. The minimum absolute atomic E-state index is 0.283. The Labute approximate surface area is 180 Å². The van der Waals surface area contributed by atoms with Crippen LogP contribution < -0.4 is 4.90 Å². The van der Waals surface area contributed by atoms with Crippen LogP contribution in [0, 0.1) is 35.0 Å². The lowest BCUT2D eigenvalue weighted by atomic mass is 9.75. The fourth-order valence-corrected chi connectivity index (χ4v) is 4.84. The summed E-state index contributed by atoms with van der Waals surface area (Å²) in [5, 5.41) is 19.2. The number of nitrogens with zero attached hydrogens (tertiary/aromatic N) is 4. The molecule has 30 heavy (non-hydrogen) atoms. The standard InChI is InChI=1S/C26H30N4/c1-21-16-25(9-8-24(21)18-27)30-14-10-26(20-28,11-15-30)17-22-4-6-23(7-5-22)19-29-12-2-3-13-29/h4-9,16H,2-3,10-15,17,19H2,1H3. The molecule has 0 bridgehead atoms. The second-order valence-electron chi connectivity index (χ2n) is 8.97. The predicted octanol–water partition coefficient (Wildman–Crippen LogP) is 4.82. The lowest BCUT2D eigenvalue weighted by molar-refractivity contribution is 0.302. The molecule has 0 radical (unpaired) electrons. The van der Waals surface area contributed by atoms with Crippen molar-refractivity contribution in [1.29, 1.82) is 10.5 Å². The van der Waals surface area contributed by atoms with Crippen LogP contribution in [0.25, 0.3) is 0 Å². The molecule has 0 saturated carbocycles. The minimum Gasteiger partial charge on any atom is -0.371 e. The Bertz CT molecular complexity index is 950. The van der Waals surface area contributed by atoms with Crippen molar-refractivity contribution in [2.75, 3.05) is 31.1 Å². The first-order valence-corrected chi connectivity index (χ1v) is 11.1. The third-order valence-electron chi connectivity index (χ3n) is 6.82. The summed E-state index contributed by atoms with van der Waals surface area (Å²) in [5.74, 6) is 0. The molecule has 2 saturated heterocycles. The van der Waals surface area contributed by atoms with Gasteiger partial charge in [0, 0.05) is 25.3 Å². The highest BCUT2D eigenvalue weighted by Crippen LogP contribution is 2.36. The minimum atomic E-state index is -0.283. The van der Waals surface area contributed by atoms with Crippen LogP contribution in [0.2, 0.25) is 0 Å². The normalized spacial score (nSPS) is 18.7. The van der Waals surface area contributed by atoms with Gasteiger partial charge in [0.25, 0.3) is 0 Å². The molecular formula is C26H30N4. The maximum atomic E-state index is 10.0. The number of nitriles is 2. The number of benzene rings is 2. The molecule has 2 aromatic carbocycles. The molecule has 0 amide bonds. The Morgan fingerprint density at radius 1 is 0.900 bits per heavy atom. The molecule has 2 fully saturated rings. The molecule has 2 aliphatic rings. The van der Waals surface area contributed by atoms with Gasteiger partial charge in [-0.05, 0) is 87.0 Å². The predicted molar refractivity (Wildman–Crippen MR) is 120 cm³/mol. The highest BCUT2D eigenvalue weighted by Gasteiger charge is 2.35. The summed E-state index contributed by atoms with van der Waals surface area (Å²) in [7, 11) is 0. The van der Waals surface area contributed by atoms with E-state index in [1.807, 2.05) is 19.1 Å². The Morgan fingerprint density at radius 3 is 2.17 bits per heavy atom. The van der Waals surface area contributed by atoms with Crippen LogP contribution in [0.1, 0.15) is 47.9 Å². The van der Waals surface area contributed by atoms with Crippen LogP contribution in [-0.2, 0) is 13.0 Å². The molecule has 0 spiro atoms. The van der Waals surface area contributed by atoms with E-state index >= 15 is 0 Å². The SMILES string of the molecule is Cc1cc(N2CCC(C#N)(Cc3ccc(CN4CCCC4)cc3)CC2)ccc1C#N. The zero-order chi connectivity index (χ0) is 21.0. The van der Waals surface area contributed by atoms with Gasteiger partial charge in [-0.15, -0.1) is 0 Å². The van der Waals surface area contributed by atoms with Gasteiger partial charge in [0.1, 0.15) is 0 Å². The lowest BCUT2D eigenvalue weighted by Crippen LogP contribution is -2.40. The van der Waals surface area contributed by atoms with Crippen LogP contribution >= 0.6 is 0 Å². The number of hydrogen-bond acceptors (Lipinski definition) is 4. The second kappa shape index (κ2) is 8.90. The van der Waals surface area contributed by atoms with Crippen molar-refractivity contribution < 1.29 is 0 Å². The molecule has 2 aliphatic heterocycles. The van der Waals surface area contributed by atoms with Gasteiger partial charge in [-0.1, -0.05) is 24.3 Å². The summed E-state index contributed by atoms with van der Waals surface area (Å²) >= 11 is 0. The molecule has 4 heteroatoms. The number of aryl methyl sites for hydroxylation is 1. The van der Waals surface area contributed by atoms with E-state index < -0.39 is 0 Å². The van der Waals surface area contributed by atoms with Crippen LogP contribution in [0.15, 0.2) is 42.5 Å². The number of likely N-dealkylation sites (tertiary alicyclic amines) is 1. The van der Waals surface area contributed by atoms with Crippen LogP contribution in [-0.4, -0.2) is 31.1 Å². The fraction of sp³-hybridized carbons (Fsp3) is 0.462. The first-order chi connectivity index (χ1) is 14.6. The Balaban J connectivity index is 1.38. The van der Waals surface area contributed by atoms with Gasteiger partial charge in [0.2, 0.25) is 0 Å². The molecule has 2 aromatic rings. The highest BCUT2D eigenvalue weighted by molar-refractivity contribution is 5.54. The van der Waals surface area contributed by atoms with Gasteiger partial charge in [0.05, 0.1) is 23.1 Å². The molecule has 4 nitrogen and oxygen atoms in total. The van der Waals surface area contributed by atoms with Crippen molar-refractivity contribution in [3.05, 3.63) is 64.7 Å².